The van der Waals surface area contributed by atoms with Crippen LogP contribution in [-0.2, 0) is 7.05 Å². The van der Waals surface area contributed by atoms with E-state index in [2.05, 4.69) is 0 Å². The highest BCUT2D eigenvalue weighted by Gasteiger charge is 2.10. The van der Waals surface area contributed by atoms with Crippen molar-refractivity contribution in [3.63, 3.8) is 0 Å². The number of fused-ring (bicyclic) bond motifs is 1. The fourth-order valence-electron chi connectivity index (χ4n) is 1.58. The van der Waals surface area contributed by atoms with Crippen LogP contribution in [0.5, 0.6) is 11.5 Å². The summed E-state index contributed by atoms with van der Waals surface area (Å²) in [6.45, 7) is 1.79. The highest BCUT2D eigenvalue weighted by Crippen LogP contribution is 2.34. The maximum absolute atomic E-state index is 9.54. The van der Waals surface area contributed by atoms with Gasteiger partial charge in [0.15, 0.2) is 23.9 Å². The molecule has 0 aliphatic heterocycles. The van der Waals surface area contributed by atoms with Crippen molar-refractivity contribution in [3.05, 3.63) is 30.1 Å². The lowest BCUT2D eigenvalue weighted by Gasteiger charge is -2.04. The first-order valence-corrected chi connectivity index (χ1v) is 4.40. The fraction of sp³-hybridized carbons (Fsp3) is 0.182. The molecule has 2 aromatic rings. The predicted molar refractivity (Wildman–Crippen MR) is 53.2 cm³/mol. The van der Waals surface area contributed by atoms with Gasteiger partial charge in [-0.15, -0.1) is 0 Å². The highest BCUT2D eigenvalue weighted by atomic mass is 16.3. The van der Waals surface area contributed by atoms with E-state index in [0.717, 1.165) is 10.8 Å². The summed E-state index contributed by atoms with van der Waals surface area (Å²) >= 11 is 0. The topological polar surface area (TPSA) is 44.3 Å². The van der Waals surface area contributed by atoms with Crippen LogP contribution in [0.3, 0.4) is 0 Å². The van der Waals surface area contributed by atoms with Crippen molar-refractivity contribution in [1.29, 1.82) is 0 Å². The molecule has 0 saturated carbocycles. The number of phenols is 2. The Kier molecular flexibility index (Phi) is 1.81. The second-order valence-electron chi connectivity index (χ2n) is 3.48. The molecule has 0 aliphatic rings. The van der Waals surface area contributed by atoms with Crippen molar-refractivity contribution in [1.82, 2.24) is 0 Å². The Bertz CT molecular complexity index is 506. The van der Waals surface area contributed by atoms with Crippen LogP contribution in [0, 0.1) is 6.92 Å². The Morgan fingerprint density at radius 2 is 2.00 bits per heavy atom. The first kappa shape index (κ1) is 8.81. The predicted octanol–water partition coefficient (Wildman–Crippen LogP) is 1.38. The first-order chi connectivity index (χ1) is 6.59. The van der Waals surface area contributed by atoms with Gasteiger partial charge in [0.1, 0.15) is 7.05 Å². The molecule has 3 nitrogen and oxygen atoms in total. The van der Waals surface area contributed by atoms with Gasteiger partial charge in [-0.05, 0) is 18.4 Å². The molecule has 0 unspecified atom stereocenters. The van der Waals surface area contributed by atoms with E-state index < -0.39 is 0 Å². The number of aromatic nitrogens is 1. The molecule has 1 aromatic carbocycles. The van der Waals surface area contributed by atoms with Crippen LogP contribution in [0.4, 0.5) is 0 Å². The number of aromatic hydroxyl groups is 2. The third-order valence-corrected chi connectivity index (χ3v) is 2.43. The molecular weight excluding hydrogens is 178 g/mol. The van der Waals surface area contributed by atoms with Crippen LogP contribution in [-0.4, -0.2) is 10.2 Å². The minimum atomic E-state index is -0.0659. The Hall–Kier alpha value is -1.77. The van der Waals surface area contributed by atoms with Crippen molar-refractivity contribution in [2.75, 3.05) is 0 Å². The minimum absolute atomic E-state index is 0.0382. The van der Waals surface area contributed by atoms with E-state index in [0.29, 0.717) is 5.56 Å². The zero-order chi connectivity index (χ0) is 10.3. The minimum Gasteiger partial charge on any atom is -0.504 e. The van der Waals surface area contributed by atoms with Gasteiger partial charge >= 0.3 is 0 Å². The lowest BCUT2D eigenvalue weighted by Crippen LogP contribution is -2.25. The average molecular weight is 190 g/mol. The number of hydrogen-bond acceptors (Lipinski definition) is 2. The normalized spacial score (nSPS) is 10.7. The maximum atomic E-state index is 9.54. The molecule has 0 amide bonds. The molecule has 14 heavy (non-hydrogen) atoms. The number of benzene rings is 1. The Morgan fingerprint density at radius 3 is 2.71 bits per heavy atom. The monoisotopic (exact) mass is 190 g/mol. The quantitative estimate of drug-likeness (QED) is 0.487. The summed E-state index contributed by atoms with van der Waals surface area (Å²) in [5.74, 6) is -0.104. The Labute approximate surface area is 81.9 Å². The molecule has 0 fully saturated rings. The van der Waals surface area contributed by atoms with Crippen molar-refractivity contribution in [2.24, 2.45) is 7.05 Å². The van der Waals surface area contributed by atoms with Gasteiger partial charge in [-0.2, -0.15) is 0 Å². The van der Waals surface area contributed by atoms with Gasteiger partial charge in [0.2, 0.25) is 0 Å². The zero-order valence-electron chi connectivity index (χ0n) is 8.15. The molecule has 72 valence electrons. The summed E-state index contributed by atoms with van der Waals surface area (Å²) in [6.07, 6.45) is 3.82. The standard InChI is InChI=1S/C11H11NO2/c1-7-9-6-12(2)4-3-8(9)5-10(13)11(7)14/h3-6,14H,1-2H3/p+1. The van der Waals surface area contributed by atoms with Crippen molar-refractivity contribution in [3.8, 4) is 11.5 Å². The number of aryl methyl sites for hydroxylation is 2. The lowest BCUT2D eigenvalue weighted by molar-refractivity contribution is -0.670. The van der Waals surface area contributed by atoms with Gasteiger partial charge in [0.25, 0.3) is 0 Å². The van der Waals surface area contributed by atoms with Crippen molar-refractivity contribution >= 4 is 10.8 Å². The Morgan fingerprint density at radius 1 is 1.29 bits per heavy atom. The Balaban J connectivity index is 2.92. The van der Waals surface area contributed by atoms with E-state index in [9.17, 15) is 10.2 Å². The SMILES string of the molecule is Cc1c(O)c(O)cc2cc[n+](C)cc12. The number of nitrogens with zero attached hydrogens (tertiary/aromatic N) is 1. The zero-order valence-corrected chi connectivity index (χ0v) is 8.15. The molecule has 1 heterocycles. The van der Waals surface area contributed by atoms with Gasteiger partial charge in [0, 0.05) is 11.6 Å². The van der Waals surface area contributed by atoms with E-state index in [1.54, 1.807) is 13.0 Å². The second-order valence-corrected chi connectivity index (χ2v) is 3.48. The van der Waals surface area contributed by atoms with Gasteiger partial charge < -0.3 is 10.2 Å². The van der Waals surface area contributed by atoms with E-state index in [4.69, 9.17) is 0 Å². The summed E-state index contributed by atoms with van der Waals surface area (Å²) in [7, 11) is 1.92. The van der Waals surface area contributed by atoms with Crippen molar-refractivity contribution in [2.45, 2.75) is 6.92 Å². The average Bonchev–Trinajstić information content (AvgIpc) is 2.16. The molecule has 0 saturated heterocycles. The van der Waals surface area contributed by atoms with Gasteiger partial charge in [-0.3, -0.25) is 0 Å². The maximum Gasteiger partial charge on any atom is 0.176 e. The van der Waals surface area contributed by atoms with Crippen LogP contribution in [0.15, 0.2) is 24.5 Å². The van der Waals surface area contributed by atoms with E-state index in [1.165, 1.54) is 0 Å². The van der Waals surface area contributed by atoms with Gasteiger partial charge in [-0.25, -0.2) is 4.57 Å². The number of phenolic OH excluding ortho intramolecular Hbond substituents is 2. The summed E-state index contributed by atoms with van der Waals surface area (Å²) in [6, 6.07) is 3.47. The summed E-state index contributed by atoms with van der Waals surface area (Å²) in [4.78, 5) is 0. The fourth-order valence-corrected chi connectivity index (χ4v) is 1.58. The van der Waals surface area contributed by atoms with E-state index in [-0.39, 0.29) is 11.5 Å². The van der Waals surface area contributed by atoms with Crippen LogP contribution in [0.1, 0.15) is 5.56 Å². The molecule has 0 spiro atoms. The number of pyridine rings is 1. The largest absolute Gasteiger partial charge is 0.504 e. The molecular formula is C11H12NO2+. The van der Waals surface area contributed by atoms with E-state index in [1.807, 2.05) is 30.1 Å². The molecule has 3 heteroatoms. The lowest BCUT2D eigenvalue weighted by atomic mass is 10.1. The molecule has 0 atom stereocenters. The van der Waals surface area contributed by atoms with Crippen molar-refractivity contribution < 1.29 is 14.8 Å². The highest BCUT2D eigenvalue weighted by molar-refractivity contribution is 5.88. The van der Waals surface area contributed by atoms with Crippen LogP contribution < -0.4 is 4.57 Å². The molecule has 1 aromatic heterocycles. The molecule has 0 aliphatic carbocycles. The van der Waals surface area contributed by atoms with Gasteiger partial charge in [0.05, 0.1) is 5.39 Å². The van der Waals surface area contributed by atoms with E-state index >= 15 is 0 Å². The second kappa shape index (κ2) is 2.87. The number of rotatable bonds is 0. The van der Waals surface area contributed by atoms with Crippen LogP contribution >= 0.6 is 0 Å². The van der Waals surface area contributed by atoms with Crippen LogP contribution in [0.2, 0.25) is 0 Å². The first-order valence-electron chi connectivity index (χ1n) is 4.40. The molecule has 2 N–H and O–H groups in total. The molecule has 2 rings (SSSR count). The van der Waals surface area contributed by atoms with Gasteiger partial charge in [-0.1, -0.05) is 0 Å². The van der Waals surface area contributed by atoms with Crippen LogP contribution in [0.25, 0.3) is 10.8 Å². The third-order valence-electron chi connectivity index (χ3n) is 2.43. The summed E-state index contributed by atoms with van der Waals surface area (Å²) in [5, 5.41) is 20.8. The third kappa shape index (κ3) is 1.18. The smallest absolute Gasteiger partial charge is 0.176 e. The molecule has 0 radical (unpaired) electrons. The summed E-state index contributed by atoms with van der Waals surface area (Å²) < 4.78 is 1.91. The number of hydrogen-bond donors (Lipinski definition) is 2. The molecule has 0 bridgehead atoms. The summed E-state index contributed by atoms with van der Waals surface area (Å²) in [5.41, 5.74) is 0.705.